The second-order valence-electron chi connectivity index (χ2n) is 6.88. The fourth-order valence-corrected chi connectivity index (χ4v) is 3.61. The minimum absolute atomic E-state index is 0.296. The molecule has 0 N–H and O–H groups in total. The van der Waals surface area contributed by atoms with Crippen LogP contribution in [-0.4, -0.2) is 13.1 Å². The summed E-state index contributed by atoms with van der Waals surface area (Å²) in [6.45, 7) is 0. The van der Waals surface area contributed by atoms with Gasteiger partial charge in [-0.25, -0.2) is 4.79 Å². The Morgan fingerprint density at radius 1 is 0.731 bits per heavy atom. The van der Waals surface area contributed by atoms with Gasteiger partial charge in [-0.05, 0) is 71.2 Å². The summed E-state index contributed by atoms with van der Waals surface area (Å²) in [5.41, 5.74) is 8.49. The maximum atomic E-state index is 11.7. The lowest BCUT2D eigenvalue weighted by molar-refractivity contribution is 0.0601. The third-order valence-corrected chi connectivity index (χ3v) is 5.20. The predicted molar refractivity (Wildman–Crippen MR) is 104 cm³/mol. The highest BCUT2D eigenvalue weighted by atomic mass is 16.5. The SMILES string of the molecule is COC(=O)c1ccc(-c2cc3ccc2CCc2ccc(cc2)CC3)cc1. The van der Waals surface area contributed by atoms with Crippen LogP contribution in [0.2, 0.25) is 0 Å². The van der Waals surface area contributed by atoms with E-state index in [1.165, 1.54) is 34.9 Å². The Labute approximate surface area is 154 Å². The van der Waals surface area contributed by atoms with E-state index in [1.54, 1.807) is 0 Å². The average Bonchev–Trinajstić information content (AvgIpc) is 2.69. The molecular formula is C24H22O2. The second-order valence-corrected chi connectivity index (χ2v) is 6.88. The molecule has 0 aromatic heterocycles. The van der Waals surface area contributed by atoms with Crippen molar-refractivity contribution >= 4 is 5.97 Å². The van der Waals surface area contributed by atoms with Crippen LogP contribution in [0.3, 0.4) is 0 Å². The first kappa shape index (κ1) is 16.6. The predicted octanol–water partition coefficient (Wildman–Crippen LogP) is 5.02. The molecule has 26 heavy (non-hydrogen) atoms. The smallest absolute Gasteiger partial charge is 0.337 e. The number of rotatable bonds is 2. The fraction of sp³-hybridized carbons (Fsp3) is 0.208. The Morgan fingerprint density at radius 3 is 1.96 bits per heavy atom. The van der Waals surface area contributed by atoms with E-state index in [-0.39, 0.29) is 5.97 Å². The van der Waals surface area contributed by atoms with Gasteiger partial charge in [0.25, 0.3) is 0 Å². The largest absolute Gasteiger partial charge is 0.465 e. The van der Waals surface area contributed by atoms with Crippen LogP contribution in [-0.2, 0) is 30.4 Å². The first-order valence-corrected chi connectivity index (χ1v) is 9.11. The number of ether oxygens (including phenoxy) is 1. The van der Waals surface area contributed by atoms with E-state index in [4.69, 9.17) is 4.74 Å². The Hall–Kier alpha value is -2.87. The van der Waals surface area contributed by atoms with Crippen molar-refractivity contribution in [3.8, 4) is 11.1 Å². The molecule has 0 amide bonds. The van der Waals surface area contributed by atoms with Crippen LogP contribution in [0.4, 0.5) is 0 Å². The second kappa shape index (κ2) is 7.17. The molecule has 2 heteroatoms. The molecule has 0 unspecified atom stereocenters. The number of carbonyl (C=O) groups excluding carboxylic acids is 1. The fourth-order valence-electron chi connectivity index (χ4n) is 3.61. The normalized spacial score (nSPS) is 13.1. The van der Waals surface area contributed by atoms with E-state index in [1.807, 2.05) is 24.3 Å². The van der Waals surface area contributed by atoms with Gasteiger partial charge < -0.3 is 4.74 Å². The summed E-state index contributed by atoms with van der Waals surface area (Å²) >= 11 is 0. The molecule has 0 fully saturated rings. The molecule has 0 aliphatic heterocycles. The van der Waals surface area contributed by atoms with Gasteiger partial charge in [0.1, 0.15) is 0 Å². The zero-order chi connectivity index (χ0) is 17.9. The molecular weight excluding hydrogens is 320 g/mol. The molecule has 130 valence electrons. The average molecular weight is 342 g/mol. The van der Waals surface area contributed by atoms with Crippen molar-refractivity contribution in [1.82, 2.24) is 0 Å². The summed E-state index contributed by atoms with van der Waals surface area (Å²) in [5.74, 6) is -0.296. The molecule has 3 aromatic rings. The highest BCUT2D eigenvalue weighted by Gasteiger charge is 2.11. The summed E-state index contributed by atoms with van der Waals surface area (Å²) in [5, 5.41) is 0. The lowest BCUT2D eigenvalue weighted by Gasteiger charge is -2.15. The number of benzene rings is 3. The van der Waals surface area contributed by atoms with Gasteiger partial charge in [0.05, 0.1) is 12.7 Å². The Balaban J connectivity index is 1.71. The van der Waals surface area contributed by atoms with E-state index in [9.17, 15) is 4.79 Å². The van der Waals surface area contributed by atoms with Gasteiger partial charge in [-0.1, -0.05) is 54.6 Å². The summed E-state index contributed by atoms with van der Waals surface area (Å²) in [6.07, 6.45) is 4.13. The first-order chi connectivity index (χ1) is 12.7. The first-order valence-electron chi connectivity index (χ1n) is 9.11. The molecule has 2 nitrogen and oxygen atoms in total. The van der Waals surface area contributed by atoms with E-state index in [2.05, 4.69) is 42.5 Å². The highest BCUT2D eigenvalue weighted by molar-refractivity contribution is 5.90. The number of methoxy groups -OCH3 is 1. The molecule has 0 spiro atoms. The van der Waals surface area contributed by atoms with Gasteiger partial charge >= 0.3 is 5.97 Å². The Bertz CT molecular complexity index is 921. The quantitative estimate of drug-likeness (QED) is 0.611. The monoisotopic (exact) mass is 342 g/mol. The molecule has 4 aliphatic rings. The van der Waals surface area contributed by atoms with Crippen LogP contribution >= 0.6 is 0 Å². The van der Waals surface area contributed by atoms with Crippen molar-refractivity contribution in [3.05, 3.63) is 94.5 Å². The standard InChI is InChI=1S/C24H22O2/c1-26-24(25)22-14-12-21(13-15-22)23-16-19-7-6-17-2-4-18(5-3-17)8-10-20(23)11-9-19/h2-5,9,11-16H,6-8,10H2,1H3. The molecule has 0 saturated heterocycles. The number of hydrogen-bond donors (Lipinski definition) is 0. The molecule has 0 saturated carbocycles. The molecule has 4 bridgehead atoms. The number of carbonyl (C=O) groups is 1. The number of aryl methyl sites for hydroxylation is 4. The topological polar surface area (TPSA) is 26.3 Å². The number of hydrogen-bond acceptors (Lipinski definition) is 2. The maximum absolute atomic E-state index is 11.7. The van der Waals surface area contributed by atoms with Gasteiger partial charge in [0, 0.05) is 0 Å². The molecule has 0 heterocycles. The van der Waals surface area contributed by atoms with Crippen molar-refractivity contribution in [2.45, 2.75) is 25.7 Å². The van der Waals surface area contributed by atoms with Crippen molar-refractivity contribution in [2.24, 2.45) is 0 Å². The van der Waals surface area contributed by atoms with E-state index in [0.29, 0.717) is 5.56 Å². The van der Waals surface area contributed by atoms with Gasteiger partial charge in [0.2, 0.25) is 0 Å². The van der Waals surface area contributed by atoms with Crippen molar-refractivity contribution < 1.29 is 9.53 Å². The summed E-state index contributed by atoms with van der Waals surface area (Å²) < 4.78 is 4.80. The third-order valence-electron chi connectivity index (χ3n) is 5.20. The van der Waals surface area contributed by atoms with E-state index < -0.39 is 0 Å². The lowest BCUT2D eigenvalue weighted by atomic mass is 9.90. The zero-order valence-electron chi connectivity index (χ0n) is 15.0. The summed E-state index contributed by atoms with van der Waals surface area (Å²) in [6, 6.07) is 23.6. The van der Waals surface area contributed by atoms with Crippen molar-refractivity contribution in [1.29, 1.82) is 0 Å². The van der Waals surface area contributed by atoms with Crippen LogP contribution in [0.25, 0.3) is 11.1 Å². The zero-order valence-corrected chi connectivity index (χ0v) is 15.0. The summed E-state index contributed by atoms with van der Waals surface area (Å²) in [7, 11) is 1.41. The third kappa shape index (κ3) is 3.41. The maximum Gasteiger partial charge on any atom is 0.337 e. The summed E-state index contributed by atoms with van der Waals surface area (Å²) in [4.78, 5) is 11.7. The highest BCUT2D eigenvalue weighted by Crippen LogP contribution is 2.28. The van der Waals surface area contributed by atoms with Gasteiger partial charge in [-0.15, -0.1) is 0 Å². The van der Waals surface area contributed by atoms with Gasteiger partial charge in [-0.2, -0.15) is 0 Å². The minimum atomic E-state index is -0.296. The van der Waals surface area contributed by atoms with Gasteiger partial charge in [-0.3, -0.25) is 0 Å². The molecule has 3 aromatic carbocycles. The van der Waals surface area contributed by atoms with Crippen molar-refractivity contribution in [3.63, 3.8) is 0 Å². The van der Waals surface area contributed by atoms with Crippen LogP contribution in [0, 0.1) is 0 Å². The van der Waals surface area contributed by atoms with Crippen LogP contribution in [0.1, 0.15) is 32.6 Å². The van der Waals surface area contributed by atoms with Crippen molar-refractivity contribution in [2.75, 3.05) is 7.11 Å². The number of esters is 1. The Morgan fingerprint density at radius 2 is 1.31 bits per heavy atom. The molecule has 0 radical (unpaired) electrons. The minimum Gasteiger partial charge on any atom is -0.465 e. The molecule has 0 atom stereocenters. The molecule has 7 rings (SSSR count). The molecule has 4 aliphatic carbocycles. The van der Waals surface area contributed by atoms with Crippen LogP contribution < -0.4 is 0 Å². The lowest BCUT2D eigenvalue weighted by Crippen LogP contribution is -2.02. The van der Waals surface area contributed by atoms with Gasteiger partial charge in [0.15, 0.2) is 0 Å². The van der Waals surface area contributed by atoms with Crippen LogP contribution in [0.5, 0.6) is 0 Å². The van der Waals surface area contributed by atoms with Crippen LogP contribution in [0.15, 0.2) is 66.7 Å². The van der Waals surface area contributed by atoms with E-state index in [0.717, 1.165) is 31.2 Å². The van der Waals surface area contributed by atoms with E-state index >= 15 is 0 Å². The Kier molecular flexibility index (Phi) is 4.57.